The molecule has 0 aliphatic heterocycles. The summed E-state index contributed by atoms with van der Waals surface area (Å²) in [7, 11) is 0. The third-order valence-corrected chi connectivity index (χ3v) is 3.08. The minimum atomic E-state index is -0.0958. The van der Waals surface area contributed by atoms with Crippen molar-refractivity contribution in [2.45, 2.75) is 33.2 Å². The molecular weight excluding hydrogens is 262 g/mol. The first-order valence-corrected chi connectivity index (χ1v) is 6.98. The summed E-state index contributed by atoms with van der Waals surface area (Å²) in [6, 6.07) is 7.68. The highest BCUT2D eigenvalue weighted by Gasteiger charge is 2.20. The van der Waals surface area contributed by atoms with E-state index in [0.717, 1.165) is 5.56 Å². The molecule has 1 aromatic rings. The predicted octanol–water partition coefficient (Wildman–Crippen LogP) is 2.07. The number of hydrogen-bond acceptors (Lipinski definition) is 3. The first-order chi connectivity index (χ1) is 10.0. The lowest BCUT2D eigenvalue weighted by atomic mass is 10.0. The van der Waals surface area contributed by atoms with Gasteiger partial charge in [-0.3, -0.25) is 4.79 Å². The third kappa shape index (κ3) is 4.63. The predicted molar refractivity (Wildman–Crippen MR) is 83.5 cm³/mol. The number of rotatable bonds is 4. The van der Waals surface area contributed by atoms with Gasteiger partial charge < -0.3 is 10.6 Å². The molecule has 0 spiro atoms. The van der Waals surface area contributed by atoms with E-state index in [1.807, 2.05) is 32.9 Å². The Morgan fingerprint density at radius 2 is 2.14 bits per heavy atom. The summed E-state index contributed by atoms with van der Waals surface area (Å²) < 4.78 is 0. The van der Waals surface area contributed by atoms with Crippen LogP contribution in [0.25, 0.3) is 0 Å². The van der Waals surface area contributed by atoms with Crippen LogP contribution in [0.3, 0.4) is 0 Å². The topological polar surface area (TPSA) is 70.1 Å². The van der Waals surface area contributed by atoms with E-state index in [-0.39, 0.29) is 18.5 Å². The molecule has 0 unspecified atom stereocenters. The first-order valence-electron chi connectivity index (χ1n) is 6.98. The van der Waals surface area contributed by atoms with E-state index in [2.05, 4.69) is 17.9 Å². The fraction of sp³-hybridized carbons (Fsp3) is 0.412. The van der Waals surface area contributed by atoms with Gasteiger partial charge in [0.2, 0.25) is 0 Å². The Morgan fingerprint density at radius 1 is 1.43 bits per heavy atom. The molecule has 1 amide bonds. The van der Waals surface area contributed by atoms with Crippen molar-refractivity contribution >= 4 is 5.91 Å². The van der Waals surface area contributed by atoms with Gasteiger partial charge in [-0.1, -0.05) is 17.9 Å². The van der Waals surface area contributed by atoms with Crippen LogP contribution < -0.4 is 5.73 Å². The van der Waals surface area contributed by atoms with Gasteiger partial charge in [0, 0.05) is 18.2 Å². The van der Waals surface area contributed by atoms with Crippen molar-refractivity contribution in [1.82, 2.24) is 4.90 Å². The molecule has 0 saturated carbocycles. The Labute approximate surface area is 126 Å². The number of nitriles is 1. The smallest absolute Gasteiger partial charge is 0.255 e. The van der Waals surface area contributed by atoms with E-state index >= 15 is 0 Å². The summed E-state index contributed by atoms with van der Waals surface area (Å²) in [5.74, 6) is 5.65. The van der Waals surface area contributed by atoms with Crippen LogP contribution in [-0.4, -0.2) is 29.9 Å². The average Bonchev–Trinajstić information content (AvgIpc) is 2.45. The Hall–Kier alpha value is -2.30. The molecule has 0 saturated heterocycles. The number of benzene rings is 1. The molecule has 0 aromatic heterocycles. The molecule has 0 aliphatic carbocycles. The van der Waals surface area contributed by atoms with Crippen molar-refractivity contribution in [3.8, 4) is 17.9 Å². The van der Waals surface area contributed by atoms with Crippen LogP contribution in [0.4, 0.5) is 0 Å². The van der Waals surface area contributed by atoms with Gasteiger partial charge in [0.1, 0.15) is 0 Å². The van der Waals surface area contributed by atoms with E-state index in [1.165, 1.54) is 0 Å². The summed E-state index contributed by atoms with van der Waals surface area (Å²) in [6.07, 6.45) is 0.319. The lowest BCUT2D eigenvalue weighted by molar-refractivity contribution is 0.0710. The monoisotopic (exact) mass is 283 g/mol. The number of carbonyl (C=O) groups excluding carboxylic acids is 1. The van der Waals surface area contributed by atoms with Gasteiger partial charge in [0.15, 0.2) is 0 Å². The second-order valence-electron chi connectivity index (χ2n) is 5.06. The van der Waals surface area contributed by atoms with Gasteiger partial charge in [0.25, 0.3) is 5.91 Å². The van der Waals surface area contributed by atoms with Crippen LogP contribution in [0.5, 0.6) is 0 Å². The van der Waals surface area contributed by atoms with Crippen molar-refractivity contribution in [1.29, 1.82) is 5.26 Å². The second kappa shape index (κ2) is 8.09. The van der Waals surface area contributed by atoms with Crippen LogP contribution in [-0.2, 0) is 0 Å². The maximum atomic E-state index is 12.7. The quantitative estimate of drug-likeness (QED) is 0.860. The van der Waals surface area contributed by atoms with E-state index in [0.29, 0.717) is 24.1 Å². The van der Waals surface area contributed by atoms with Crippen molar-refractivity contribution in [3.05, 3.63) is 34.9 Å². The van der Waals surface area contributed by atoms with Gasteiger partial charge in [-0.15, -0.1) is 0 Å². The summed E-state index contributed by atoms with van der Waals surface area (Å²) >= 11 is 0. The van der Waals surface area contributed by atoms with Crippen molar-refractivity contribution in [2.75, 3.05) is 13.1 Å². The summed E-state index contributed by atoms with van der Waals surface area (Å²) in [4.78, 5) is 14.4. The zero-order valence-electron chi connectivity index (χ0n) is 12.8. The van der Waals surface area contributed by atoms with Crippen LogP contribution in [0.15, 0.2) is 18.2 Å². The summed E-state index contributed by atoms with van der Waals surface area (Å²) in [5, 5.41) is 8.73. The molecule has 0 aliphatic rings. The number of amides is 1. The molecule has 4 nitrogen and oxygen atoms in total. The molecule has 0 atom stereocenters. The van der Waals surface area contributed by atoms with Crippen molar-refractivity contribution in [2.24, 2.45) is 5.73 Å². The third-order valence-electron chi connectivity index (χ3n) is 3.08. The Balaban J connectivity index is 3.18. The summed E-state index contributed by atoms with van der Waals surface area (Å²) in [5.41, 5.74) is 7.70. The number of nitrogens with zero attached hydrogens (tertiary/aromatic N) is 2. The van der Waals surface area contributed by atoms with Gasteiger partial charge in [-0.25, -0.2) is 0 Å². The van der Waals surface area contributed by atoms with Gasteiger partial charge in [-0.2, -0.15) is 5.26 Å². The molecular formula is C17H21N3O. The first kappa shape index (κ1) is 16.8. The number of hydrogen-bond donors (Lipinski definition) is 1. The molecule has 110 valence electrons. The fourth-order valence-corrected chi connectivity index (χ4v) is 2.01. The van der Waals surface area contributed by atoms with Crippen LogP contribution in [0, 0.1) is 30.1 Å². The molecule has 0 heterocycles. The normalized spacial score (nSPS) is 9.71. The highest BCUT2D eigenvalue weighted by molar-refractivity contribution is 5.97. The molecule has 4 heteroatoms. The van der Waals surface area contributed by atoms with Crippen LogP contribution in [0.2, 0.25) is 0 Å². The van der Waals surface area contributed by atoms with E-state index in [1.54, 1.807) is 11.0 Å². The number of aryl methyl sites for hydroxylation is 1. The summed E-state index contributed by atoms with van der Waals surface area (Å²) in [6.45, 7) is 6.51. The highest BCUT2D eigenvalue weighted by atomic mass is 16.2. The van der Waals surface area contributed by atoms with Gasteiger partial charge >= 0.3 is 0 Å². The van der Waals surface area contributed by atoms with Crippen LogP contribution >= 0.6 is 0 Å². The lowest BCUT2D eigenvalue weighted by Gasteiger charge is -2.26. The number of nitrogens with two attached hydrogens (primary N) is 1. The SMILES string of the molecule is Cc1ccc(C(=O)N(CCC#N)C(C)C)c(C#CCN)c1. The molecule has 1 aromatic carbocycles. The Bertz CT molecular complexity index is 603. The van der Waals surface area contributed by atoms with Crippen LogP contribution in [0.1, 0.15) is 41.8 Å². The largest absolute Gasteiger partial charge is 0.335 e. The molecule has 1 rings (SSSR count). The highest BCUT2D eigenvalue weighted by Crippen LogP contribution is 2.15. The molecule has 21 heavy (non-hydrogen) atoms. The maximum Gasteiger partial charge on any atom is 0.255 e. The zero-order valence-corrected chi connectivity index (χ0v) is 12.8. The average molecular weight is 283 g/mol. The van der Waals surface area contributed by atoms with E-state index < -0.39 is 0 Å². The maximum absolute atomic E-state index is 12.7. The van der Waals surface area contributed by atoms with E-state index in [9.17, 15) is 4.79 Å². The molecule has 0 bridgehead atoms. The molecule has 2 N–H and O–H groups in total. The lowest BCUT2D eigenvalue weighted by Crippen LogP contribution is -2.38. The Kier molecular flexibility index (Phi) is 6.46. The molecule has 0 fully saturated rings. The van der Waals surface area contributed by atoms with Crippen molar-refractivity contribution < 1.29 is 4.79 Å². The minimum absolute atomic E-state index is 0.0301. The van der Waals surface area contributed by atoms with Gasteiger partial charge in [-0.05, 0) is 38.5 Å². The van der Waals surface area contributed by atoms with E-state index in [4.69, 9.17) is 11.0 Å². The fourth-order valence-electron chi connectivity index (χ4n) is 2.01. The standard InChI is InChI=1S/C17H21N3O/c1-13(2)20(11-5-10-19)17(21)16-8-7-14(3)12-15(16)6-4-9-18/h7-8,12-13H,5,9,11,18H2,1-3H3. The second-order valence-corrected chi connectivity index (χ2v) is 5.06. The Morgan fingerprint density at radius 3 is 2.71 bits per heavy atom. The number of carbonyl (C=O) groups is 1. The minimum Gasteiger partial charge on any atom is -0.335 e. The zero-order chi connectivity index (χ0) is 15.8. The molecule has 0 radical (unpaired) electrons. The van der Waals surface area contributed by atoms with Crippen molar-refractivity contribution in [3.63, 3.8) is 0 Å². The van der Waals surface area contributed by atoms with Gasteiger partial charge in [0.05, 0.1) is 24.6 Å².